The van der Waals surface area contributed by atoms with Crippen LogP contribution in [0, 0.1) is 6.92 Å². The van der Waals surface area contributed by atoms with Crippen LogP contribution in [0.3, 0.4) is 0 Å². The maximum atomic E-state index is 3.74. The number of fused-ring (bicyclic) bond motifs is 1. The zero-order valence-corrected chi connectivity index (χ0v) is 10.8. The summed E-state index contributed by atoms with van der Waals surface area (Å²) in [5.41, 5.74) is 7.34. The minimum absolute atomic E-state index is 1.09. The molecule has 0 spiro atoms. The van der Waals surface area contributed by atoms with Crippen LogP contribution in [0.4, 0.5) is 0 Å². The van der Waals surface area contributed by atoms with Gasteiger partial charge in [0, 0.05) is 0 Å². The second-order valence-corrected chi connectivity index (χ2v) is 4.85. The van der Waals surface area contributed by atoms with Crippen LogP contribution < -0.4 is 0 Å². The maximum absolute atomic E-state index is 3.74. The fourth-order valence-electron chi connectivity index (χ4n) is 2.45. The van der Waals surface area contributed by atoms with Gasteiger partial charge < -0.3 is 0 Å². The van der Waals surface area contributed by atoms with E-state index in [1.165, 1.54) is 27.8 Å². The summed E-state index contributed by atoms with van der Waals surface area (Å²) in [5, 5.41) is 0. The lowest BCUT2D eigenvalue weighted by atomic mass is 9.99. The van der Waals surface area contributed by atoms with E-state index in [0.717, 1.165) is 19.3 Å². The van der Waals surface area contributed by atoms with Crippen molar-refractivity contribution in [2.75, 3.05) is 0 Å². The zero-order chi connectivity index (χ0) is 12.3. The molecular formula is C17H20. The molecule has 1 aromatic rings. The molecule has 0 unspecified atom stereocenters. The van der Waals surface area contributed by atoms with Crippen molar-refractivity contribution >= 4 is 0 Å². The maximum Gasteiger partial charge on any atom is -0.00613 e. The first-order chi connectivity index (χ1) is 8.20. The molecule has 0 saturated heterocycles. The Morgan fingerprint density at radius 3 is 2.71 bits per heavy atom. The summed E-state index contributed by atoms with van der Waals surface area (Å²) < 4.78 is 0. The molecule has 1 aliphatic carbocycles. The topological polar surface area (TPSA) is 0 Å². The van der Waals surface area contributed by atoms with Crippen molar-refractivity contribution in [3.05, 3.63) is 70.8 Å². The highest BCUT2D eigenvalue weighted by Gasteiger charge is 2.11. The Hall–Kier alpha value is -1.56. The molecule has 0 N–H and O–H groups in total. The summed E-state index contributed by atoms with van der Waals surface area (Å²) in [6, 6.07) is 6.84. The Morgan fingerprint density at radius 1 is 1.12 bits per heavy atom. The molecule has 0 heteroatoms. The second-order valence-electron chi connectivity index (χ2n) is 4.85. The lowest BCUT2D eigenvalue weighted by Crippen LogP contribution is -1.92. The molecule has 0 aromatic heterocycles. The minimum atomic E-state index is 1.09. The number of allylic oxidation sites excluding steroid dienone is 5. The first kappa shape index (κ1) is 11.9. The van der Waals surface area contributed by atoms with Crippen LogP contribution in [-0.2, 0) is 12.8 Å². The third-order valence-corrected chi connectivity index (χ3v) is 3.46. The van der Waals surface area contributed by atoms with Crippen LogP contribution in [0.1, 0.15) is 30.0 Å². The van der Waals surface area contributed by atoms with E-state index in [1.54, 1.807) is 0 Å². The van der Waals surface area contributed by atoms with E-state index < -0.39 is 0 Å². The van der Waals surface area contributed by atoms with Gasteiger partial charge in [0.2, 0.25) is 0 Å². The van der Waals surface area contributed by atoms with Gasteiger partial charge in [0.05, 0.1) is 0 Å². The molecule has 0 bridgehead atoms. The molecule has 88 valence electrons. The van der Waals surface area contributed by atoms with Crippen molar-refractivity contribution in [3.8, 4) is 0 Å². The predicted molar refractivity (Wildman–Crippen MR) is 75.2 cm³/mol. The highest BCUT2D eigenvalue weighted by Crippen LogP contribution is 2.26. The van der Waals surface area contributed by atoms with Crippen molar-refractivity contribution in [1.29, 1.82) is 0 Å². The third-order valence-electron chi connectivity index (χ3n) is 3.46. The van der Waals surface area contributed by atoms with Crippen LogP contribution in [0.2, 0.25) is 0 Å². The van der Waals surface area contributed by atoms with Gasteiger partial charge in [0.25, 0.3) is 0 Å². The molecular weight excluding hydrogens is 204 g/mol. The molecule has 1 aliphatic rings. The molecule has 0 radical (unpaired) electrons. The van der Waals surface area contributed by atoms with Gasteiger partial charge in [-0.2, -0.15) is 0 Å². The van der Waals surface area contributed by atoms with Gasteiger partial charge in [0.15, 0.2) is 0 Å². The van der Waals surface area contributed by atoms with E-state index in [1.807, 2.05) is 12.2 Å². The van der Waals surface area contributed by atoms with E-state index in [4.69, 9.17) is 0 Å². The number of hydrogen-bond acceptors (Lipinski definition) is 0. The number of hydrogen-bond donors (Lipinski definition) is 0. The Morgan fingerprint density at radius 2 is 1.94 bits per heavy atom. The molecule has 2 rings (SSSR count). The van der Waals surface area contributed by atoms with E-state index in [-0.39, 0.29) is 0 Å². The van der Waals surface area contributed by atoms with E-state index in [9.17, 15) is 0 Å². The Balaban J connectivity index is 2.31. The largest absolute Gasteiger partial charge is 0.0991 e. The van der Waals surface area contributed by atoms with E-state index in [0.29, 0.717) is 0 Å². The van der Waals surface area contributed by atoms with Gasteiger partial charge in [-0.25, -0.2) is 0 Å². The average molecular weight is 224 g/mol. The summed E-state index contributed by atoms with van der Waals surface area (Å²) in [4.78, 5) is 0. The van der Waals surface area contributed by atoms with Crippen LogP contribution in [0.25, 0.3) is 0 Å². The van der Waals surface area contributed by atoms with Crippen molar-refractivity contribution in [3.63, 3.8) is 0 Å². The monoisotopic (exact) mass is 224 g/mol. The normalized spacial score (nSPS) is 15.9. The van der Waals surface area contributed by atoms with Crippen molar-refractivity contribution < 1.29 is 0 Å². The van der Waals surface area contributed by atoms with Crippen molar-refractivity contribution in [2.24, 2.45) is 0 Å². The smallest absolute Gasteiger partial charge is 0.00613 e. The first-order valence-corrected chi connectivity index (χ1v) is 6.27. The fraction of sp³-hybridized carbons (Fsp3) is 0.294. The van der Waals surface area contributed by atoms with E-state index >= 15 is 0 Å². The molecule has 0 heterocycles. The molecule has 1 aromatic carbocycles. The van der Waals surface area contributed by atoms with Gasteiger partial charge in [-0.1, -0.05) is 54.1 Å². The first-order valence-electron chi connectivity index (χ1n) is 6.27. The molecule has 0 nitrogen and oxygen atoms in total. The highest BCUT2D eigenvalue weighted by atomic mass is 14.2. The van der Waals surface area contributed by atoms with Crippen molar-refractivity contribution in [1.82, 2.24) is 0 Å². The van der Waals surface area contributed by atoms with Gasteiger partial charge in [0.1, 0.15) is 0 Å². The summed E-state index contributed by atoms with van der Waals surface area (Å²) >= 11 is 0. The number of aryl methyl sites for hydroxylation is 2. The molecule has 0 fully saturated rings. The van der Waals surface area contributed by atoms with Gasteiger partial charge in [-0.3, -0.25) is 0 Å². The third kappa shape index (κ3) is 2.76. The van der Waals surface area contributed by atoms with Crippen LogP contribution in [-0.4, -0.2) is 0 Å². The second kappa shape index (κ2) is 5.18. The average Bonchev–Trinajstić information content (AvgIpc) is 2.46. The van der Waals surface area contributed by atoms with E-state index in [2.05, 4.69) is 44.7 Å². The lowest BCUT2D eigenvalue weighted by Gasteiger charge is -2.06. The van der Waals surface area contributed by atoms with Crippen molar-refractivity contribution in [2.45, 2.75) is 33.1 Å². The Labute approximate surface area is 104 Å². The minimum Gasteiger partial charge on any atom is -0.0991 e. The molecule has 0 aliphatic heterocycles. The Bertz CT molecular complexity index is 487. The summed E-state index contributed by atoms with van der Waals surface area (Å²) in [7, 11) is 0. The van der Waals surface area contributed by atoms with Crippen LogP contribution in [0.15, 0.2) is 54.2 Å². The predicted octanol–water partition coefficient (Wildman–Crippen LogP) is 4.54. The molecule has 0 saturated carbocycles. The molecule has 0 amide bonds. The number of rotatable bonds is 2. The lowest BCUT2D eigenvalue weighted by molar-refractivity contribution is 0.963. The zero-order valence-electron chi connectivity index (χ0n) is 10.8. The fourth-order valence-corrected chi connectivity index (χ4v) is 2.45. The SMILES string of the molecule is C=C/C=C\C1=C(C)Cc2ccc(C)cc2CC1. The standard InChI is InChI=1S/C17H20/c1-4-5-6-15-9-10-16-11-13(2)7-8-17(16)12-14(15)3/h4-8,11H,1,9-10,12H2,2-3H3/b6-5-. The molecule has 17 heavy (non-hydrogen) atoms. The quantitative estimate of drug-likeness (QED) is 0.647. The number of benzene rings is 1. The summed E-state index contributed by atoms with van der Waals surface area (Å²) in [6.45, 7) is 8.15. The van der Waals surface area contributed by atoms with Gasteiger partial charge in [-0.15, -0.1) is 0 Å². The van der Waals surface area contributed by atoms with Gasteiger partial charge in [-0.05, 0) is 49.8 Å². The van der Waals surface area contributed by atoms with Crippen LogP contribution >= 0.6 is 0 Å². The Kier molecular flexibility index (Phi) is 3.63. The van der Waals surface area contributed by atoms with Gasteiger partial charge >= 0.3 is 0 Å². The molecule has 0 atom stereocenters. The summed E-state index contributed by atoms with van der Waals surface area (Å²) in [5.74, 6) is 0. The highest BCUT2D eigenvalue weighted by molar-refractivity contribution is 5.40. The summed E-state index contributed by atoms with van der Waals surface area (Å²) in [6.07, 6.45) is 9.49. The van der Waals surface area contributed by atoms with Crippen LogP contribution in [0.5, 0.6) is 0 Å².